The van der Waals surface area contributed by atoms with Crippen LogP contribution in [0.5, 0.6) is 5.75 Å². The van der Waals surface area contributed by atoms with Crippen molar-refractivity contribution < 1.29 is 19.4 Å². The molecule has 27 heavy (non-hydrogen) atoms. The van der Waals surface area contributed by atoms with Crippen LogP contribution in [0.15, 0.2) is 24.3 Å². The molecule has 8 heteroatoms. The zero-order valence-electron chi connectivity index (χ0n) is 15.2. The molecule has 0 aliphatic rings. The van der Waals surface area contributed by atoms with E-state index in [0.29, 0.717) is 35.0 Å². The summed E-state index contributed by atoms with van der Waals surface area (Å²) in [6.07, 6.45) is 0.579. The summed E-state index contributed by atoms with van der Waals surface area (Å²) in [5.74, 6) is 0.493. The number of thiophene rings is 1. The molecule has 0 amide bonds. The molecule has 0 aliphatic heterocycles. The van der Waals surface area contributed by atoms with Crippen molar-refractivity contribution in [1.82, 2.24) is 9.97 Å². The topological polar surface area (TPSA) is 108 Å². The SMILES string of the molecule is CCOC(=O)c1cc2c(-c3ccc(OCCCO)cc3C)nc(N)nc2s1. The maximum atomic E-state index is 12.1. The molecule has 0 saturated heterocycles. The van der Waals surface area contributed by atoms with E-state index in [0.717, 1.165) is 22.3 Å². The van der Waals surface area contributed by atoms with E-state index in [4.69, 9.17) is 20.3 Å². The number of esters is 1. The average molecular weight is 387 g/mol. The van der Waals surface area contributed by atoms with E-state index in [1.807, 2.05) is 25.1 Å². The van der Waals surface area contributed by atoms with Gasteiger partial charge in [0, 0.05) is 24.0 Å². The van der Waals surface area contributed by atoms with Crippen molar-refractivity contribution in [1.29, 1.82) is 0 Å². The van der Waals surface area contributed by atoms with Gasteiger partial charge in [-0.25, -0.2) is 14.8 Å². The van der Waals surface area contributed by atoms with Crippen LogP contribution in [0.3, 0.4) is 0 Å². The number of benzene rings is 1. The predicted molar refractivity (Wildman–Crippen MR) is 105 cm³/mol. The number of ether oxygens (including phenoxy) is 2. The smallest absolute Gasteiger partial charge is 0.348 e. The van der Waals surface area contributed by atoms with E-state index in [2.05, 4.69) is 9.97 Å². The molecule has 0 unspecified atom stereocenters. The van der Waals surface area contributed by atoms with Crippen LogP contribution < -0.4 is 10.5 Å². The van der Waals surface area contributed by atoms with Gasteiger partial charge in [-0.1, -0.05) is 0 Å². The van der Waals surface area contributed by atoms with Gasteiger partial charge < -0.3 is 20.3 Å². The van der Waals surface area contributed by atoms with Crippen molar-refractivity contribution in [3.63, 3.8) is 0 Å². The average Bonchev–Trinajstić information content (AvgIpc) is 3.06. The molecule has 0 aliphatic carbocycles. The van der Waals surface area contributed by atoms with Crippen molar-refractivity contribution in [2.45, 2.75) is 20.3 Å². The highest BCUT2D eigenvalue weighted by Gasteiger charge is 2.18. The van der Waals surface area contributed by atoms with E-state index in [1.54, 1.807) is 13.0 Å². The molecule has 3 rings (SSSR count). The summed E-state index contributed by atoms with van der Waals surface area (Å²) in [6.45, 7) is 4.58. The molecule has 0 radical (unpaired) electrons. The number of nitrogen functional groups attached to an aromatic ring is 1. The quantitative estimate of drug-likeness (QED) is 0.473. The largest absolute Gasteiger partial charge is 0.493 e. The molecule has 3 N–H and O–H groups in total. The molecule has 0 fully saturated rings. The third-order valence-electron chi connectivity index (χ3n) is 3.91. The van der Waals surface area contributed by atoms with E-state index >= 15 is 0 Å². The molecule has 3 aromatic rings. The normalized spacial score (nSPS) is 10.9. The van der Waals surface area contributed by atoms with Crippen LogP contribution in [0.1, 0.15) is 28.6 Å². The number of nitrogens with zero attached hydrogens (tertiary/aromatic N) is 2. The number of anilines is 1. The lowest BCUT2D eigenvalue weighted by Crippen LogP contribution is -2.01. The van der Waals surface area contributed by atoms with Crippen molar-refractivity contribution in [2.75, 3.05) is 25.6 Å². The van der Waals surface area contributed by atoms with Gasteiger partial charge in [-0.15, -0.1) is 11.3 Å². The number of fused-ring (bicyclic) bond motifs is 1. The third kappa shape index (κ3) is 4.17. The number of aliphatic hydroxyl groups excluding tert-OH is 1. The molecule has 7 nitrogen and oxygen atoms in total. The molecule has 0 atom stereocenters. The second kappa shape index (κ2) is 8.32. The van der Waals surface area contributed by atoms with Crippen LogP contribution in [0, 0.1) is 6.92 Å². The Labute approximate surface area is 160 Å². The number of rotatable bonds is 7. The minimum atomic E-state index is -0.380. The Kier molecular flexibility index (Phi) is 5.88. The Morgan fingerprint density at radius 2 is 2.11 bits per heavy atom. The highest BCUT2D eigenvalue weighted by atomic mass is 32.1. The number of hydrogen-bond acceptors (Lipinski definition) is 8. The maximum Gasteiger partial charge on any atom is 0.348 e. The summed E-state index contributed by atoms with van der Waals surface area (Å²) in [5.41, 5.74) is 8.40. The fourth-order valence-corrected chi connectivity index (χ4v) is 3.62. The van der Waals surface area contributed by atoms with Crippen molar-refractivity contribution in [2.24, 2.45) is 0 Å². The first-order chi connectivity index (χ1) is 13.0. The molecule has 0 spiro atoms. The number of aromatic nitrogens is 2. The van der Waals surface area contributed by atoms with Gasteiger partial charge in [-0.05, 0) is 43.7 Å². The van der Waals surface area contributed by atoms with Crippen molar-refractivity contribution in [3.05, 3.63) is 34.7 Å². The first kappa shape index (κ1) is 19.1. The highest BCUT2D eigenvalue weighted by Crippen LogP contribution is 2.35. The maximum absolute atomic E-state index is 12.1. The predicted octanol–water partition coefficient (Wildman–Crippen LogP) is 3.19. The number of aryl methyl sites for hydroxylation is 1. The zero-order valence-corrected chi connectivity index (χ0v) is 16.0. The van der Waals surface area contributed by atoms with Crippen LogP contribution >= 0.6 is 11.3 Å². The molecule has 142 valence electrons. The third-order valence-corrected chi connectivity index (χ3v) is 4.92. The number of aliphatic hydroxyl groups is 1. The number of nitrogens with two attached hydrogens (primary N) is 1. The van der Waals surface area contributed by atoms with Crippen LogP contribution in [-0.4, -0.2) is 40.9 Å². The Hall–Kier alpha value is -2.71. The fraction of sp³-hybridized carbons (Fsp3) is 0.316. The minimum Gasteiger partial charge on any atom is -0.493 e. The second-order valence-electron chi connectivity index (χ2n) is 5.88. The Morgan fingerprint density at radius 3 is 2.81 bits per heavy atom. The van der Waals surface area contributed by atoms with Gasteiger partial charge in [-0.2, -0.15) is 0 Å². The standard InChI is InChI=1S/C19H21N3O4S/c1-3-25-18(24)15-10-14-16(21-19(20)22-17(14)27-15)13-6-5-12(9-11(13)2)26-8-4-7-23/h5-6,9-10,23H,3-4,7-8H2,1-2H3,(H2,20,21,22). The summed E-state index contributed by atoms with van der Waals surface area (Å²) in [6, 6.07) is 7.42. The van der Waals surface area contributed by atoms with Gasteiger partial charge in [0.05, 0.1) is 18.9 Å². The van der Waals surface area contributed by atoms with Crippen LogP contribution in [-0.2, 0) is 4.74 Å². The van der Waals surface area contributed by atoms with Crippen molar-refractivity contribution >= 4 is 33.5 Å². The van der Waals surface area contributed by atoms with E-state index in [-0.39, 0.29) is 18.5 Å². The number of carbonyl (C=O) groups excluding carboxylic acids is 1. The summed E-state index contributed by atoms with van der Waals surface area (Å²) >= 11 is 1.24. The summed E-state index contributed by atoms with van der Waals surface area (Å²) in [7, 11) is 0. The van der Waals surface area contributed by atoms with Gasteiger partial charge in [0.1, 0.15) is 15.5 Å². The van der Waals surface area contributed by atoms with Gasteiger partial charge in [0.2, 0.25) is 5.95 Å². The van der Waals surface area contributed by atoms with E-state index in [9.17, 15) is 4.79 Å². The lowest BCUT2D eigenvalue weighted by atomic mass is 10.0. The van der Waals surface area contributed by atoms with Crippen LogP contribution in [0.25, 0.3) is 21.5 Å². The molecular weight excluding hydrogens is 366 g/mol. The van der Waals surface area contributed by atoms with Gasteiger partial charge in [-0.3, -0.25) is 0 Å². The van der Waals surface area contributed by atoms with E-state index < -0.39 is 0 Å². The molecule has 2 heterocycles. The summed E-state index contributed by atoms with van der Waals surface area (Å²) < 4.78 is 10.7. The van der Waals surface area contributed by atoms with Crippen LogP contribution in [0.4, 0.5) is 5.95 Å². The number of hydrogen-bond donors (Lipinski definition) is 2. The van der Waals surface area contributed by atoms with Crippen molar-refractivity contribution in [3.8, 4) is 17.0 Å². The lowest BCUT2D eigenvalue weighted by Gasteiger charge is -2.10. The Morgan fingerprint density at radius 1 is 1.30 bits per heavy atom. The number of carbonyl (C=O) groups is 1. The summed E-state index contributed by atoms with van der Waals surface area (Å²) in [5, 5.41) is 9.61. The first-order valence-corrected chi connectivity index (χ1v) is 9.44. The molecule has 1 aromatic carbocycles. The Bertz CT molecular complexity index is 971. The lowest BCUT2D eigenvalue weighted by molar-refractivity contribution is 0.0532. The second-order valence-corrected chi connectivity index (χ2v) is 6.91. The Balaban J connectivity index is 2.01. The monoisotopic (exact) mass is 387 g/mol. The van der Waals surface area contributed by atoms with Gasteiger partial charge in [0.25, 0.3) is 0 Å². The minimum absolute atomic E-state index is 0.0935. The zero-order chi connectivity index (χ0) is 19.4. The fourth-order valence-electron chi connectivity index (χ4n) is 2.69. The molecule has 0 bridgehead atoms. The highest BCUT2D eigenvalue weighted by molar-refractivity contribution is 7.20. The summed E-state index contributed by atoms with van der Waals surface area (Å²) in [4.78, 5) is 21.8. The molecular formula is C19H21N3O4S. The molecule has 2 aromatic heterocycles. The first-order valence-electron chi connectivity index (χ1n) is 8.62. The van der Waals surface area contributed by atoms with Gasteiger partial charge in [0.15, 0.2) is 0 Å². The van der Waals surface area contributed by atoms with E-state index in [1.165, 1.54) is 11.3 Å². The van der Waals surface area contributed by atoms with Gasteiger partial charge >= 0.3 is 5.97 Å². The van der Waals surface area contributed by atoms with Crippen LogP contribution in [0.2, 0.25) is 0 Å². The molecule has 0 saturated carbocycles.